The lowest BCUT2D eigenvalue weighted by molar-refractivity contribution is -0.0505. The fourth-order valence-corrected chi connectivity index (χ4v) is 3.00. The minimum absolute atomic E-state index is 0.282. The van der Waals surface area contributed by atoms with Crippen LogP contribution in [0.1, 0.15) is 31.2 Å². The molecule has 4 heteroatoms. The smallest absolute Gasteiger partial charge is 0.387 e. The summed E-state index contributed by atoms with van der Waals surface area (Å²) < 4.78 is 29.2. The minimum Gasteiger partial charge on any atom is -0.434 e. The molecule has 0 heterocycles. The van der Waals surface area contributed by atoms with Crippen molar-refractivity contribution >= 4 is 0 Å². The van der Waals surface area contributed by atoms with E-state index in [1.54, 1.807) is 12.1 Å². The molecule has 0 amide bonds. The summed E-state index contributed by atoms with van der Waals surface area (Å²) in [6, 6.07) is 7.02. The third-order valence-electron chi connectivity index (χ3n) is 4.34. The zero-order valence-electron chi connectivity index (χ0n) is 11.5. The molecule has 0 aliphatic heterocycles. The third-order valence-corrected chi connectivity index (χ3v) is 4.34. The Morgan fingerprint density at radius 2 is 1.75 bits per heavy atom. The molecule has 1 aromatic carbocycles. The summed E-state index contributed by atoms with van der Waals surface area (Å²) in [5.41, 5.74) is 0.804. The number of para-hydroxylation sites is 1. The van der Waals surface area contributed by atoms with Gasteiger partial charge in [-0.15, -0.1) is 0 Å². The Labute approximate surface area is 118 Å². The first-order valence-corrected chi connectivity index (χ1v) is 7.47. The number of rotatable bonds is 8. The van der Waals surface area contributed by atoms with Crippen molar-refractivity contribution < 1.29 is 13.5 Å². The summed E-state index contributed by atoms with van der Waals surface area (Å²) in [6.07, 6.45) is 5.48. The van der Waals surface area contributed by atoms with Crippen LogP contribution in [0.15, 0.2) is 24.3 Å². The van der Waals surface area contributed by atoms with E-state index in [1.807, 2.05) is 12.1 Å². The molecule has 1 aromatic rings. The van der Waals surface area contributed by atoms with Gasteiger partial charge in [0, 0.05) is 12.1 Å². The van der Waals surface area contributed by atoms with Crippen LogP contribution >= 0.6 is 0 Å². The molecular weight excluding hydrogens is 260 g/mol. The molecule has 2 aliphatic carbocycles. The topological polar surface area (TPSA) is 21.3 Å². The van der Waals surface area contributed by atoms with Gasteiger partial charge in [-0.05, 0) is 56.0 Å². The number of alkyl halides is 2. The maximum atomic E-state index is 12.3. The van der Waals surface area contributed by atoms with E-state index in [2.05, 4.69) is 10.1 Å². The van der Waals surface area contributed by atoms with Crippen molar-refractivity contribution in [2.75, 3.05) is 6.54 Å². The third kappa shape index (κ3) is 3.69. The molecule has 2 fully saturated rings. The summed E-state index contributed by atoms with van der Waals surface area (Å²) in [7, 11) is 0. The van der Waals surface area contributed by atoms with Crippen LogP contribution in [0.3, 0.4) is 0 Å². The fraction of sp³-hybridized carbons (Fsp3) is 0.625. The van der Waals surface area contributed by atoms with E-state index in [4.69, 9.17) is 0 Å². The zero-order chi connectivity index (χ0) is 13.9. The largest absolute Gasteiger partial charge is 0.434 e. The number of nitrogens with one attached hydrogen (secondary N) is 1. The SMILES string of the molecule is FC(F)Oc1ccccc1CNCC(C1CC1)C1CC1. The van der Waals surface area contributed by atoms with Crippen molar-refractivity contribution in [1.82, 2.24) is 5.32 Å². The highest BCUT2D eigenvalue weighted by Gasteiger charge is 2.40. The molecule has 2 aliphatic rings. The van der Waals surface area contributed by atoms with Gasteiger partial charge in [0.1, 0.15) is 5.75 Å². The lowest BCUT2D eigenvalue weighted by Gasteiger charge is -2.17. The molecule has 0 radical (unpaired) electrons. The van der Waals surface area contributed by atoms with Gasteiger partial charge in [0.25, 0.3) is 0 Å². The average Bonchev–Trinajstić information content (AvgIpc) is 3.27. The minimum atomic E-state index is -2.76. The predicted molar refractivity (Wildman–Crippen MR) is 73.7 cm³/mol. The maximum absolute atomic E-state index is 12.3. The lowest BCUT2D eigenvalue weighted by Crippen LogP contribution is -2.25. The van der Waals surface area contributed by atoms with Crippen LogP contribution in [0, 0.1) is 17.8 Å². The molecule has 1 N–H and O–H groups in total. The summed E-state index contributed by atoms with van der Waals surface area (Å²) in [5.74, 6) is 2.88. The predicted octanol–water partition coefficient (Wildman–Crippen LogP) is 3.81. The van der Waals surface area contributed by atoms with Crippen LogP contribution in [0.5, 0.6) is 5.75 Å². The van der Waals surface area contributed by atoms with Crippen molar-refractivity contribution in [3.05, 3.63) is 29.8 Å². The normalized spacial score (nSPS) is 18.8. The van der Waals surface area contributed by atoms with E-state index < -0.39 is 6.61 Å². The second-order valence-corrected chi connectivity index (χ2v) is 5.96. The Balaban J connectivity index is 1.52. The van der Waals surface area contributed by atoms with Crippen molar-refractivity contribution in [1.29, 1.82) is 0 Å². The lowest BCUT2D eigenvalue weighted by atomic mass is 9.98. The van der Waals surface area contributed by atoms with E-state index in [0.29, 0.717) is 6.54 Å². The van der Waals surface area contributed by atoms with Crippen molar-refractivity contribution in [2.24, 2.45) is 17.8 Å². The number of hydrogen-bond donors (Lipinski definition) is 1. The second kappa shape index (κ2) is 6.08. The number of halogens is 2. The summed E-state index contributed by atoms with van der Waals surface area (Å²) >= 11 is 0. The van der Waals surface area contributed by atoms with Crippen molar-refractivity contribution in [3.8, 4) is 5.75 Å². The number of ether oxygens (including phenoxy) is 1. The average molecular weight is 281 g/mol. The van der Waals surface area contributed by atoms with Gasteiger partial charge in [0.15, 0.2) is 0 Å². The van der Waals surface area contributed by atoms with E-state index >= 15 is 0 Å². The van der Waals surface area contributed by atoms with Gasteiger partial charge < -0.3 is 10.1 Å². The van der Waals surface area contributed by atoms with E-state index in [1.165, 1.54) is 25.7 Å². The second-order valence-electron chi connectivity index (χ2n) is 5.96. The molecule has 0 unspecified atom stereocenters. The highest BCUT2D eigenvalue weighted by Crippen LogP contribution is 2.48. The van der Waals surface area contributed by atoms with E-state index in [-0.39, 0.29) is 5.75 Å². The van der Waals surface area contributed by atoms with Gasteiger partial charge in [-0.3, -0.25) is 0 Å². The molecule has 3 rings (SSSR count). The Kier molecular flexibility index (Phi) is 4.20. The standard InChI is InChI=1S/C16H21F2NO/c17-16(18)20-15-4-2-1-3-13(15)9-19-10-14(11-5-6-11)12-7-8-12/h1-4,11-12,14,16,19H,5-10H2. The van der Waals surface area contributed by atoms with Gasteiger partial charge in [-0.25, -0.2) is 0 Å². The first-order valence-electron chi connectivity index (χ1n) is 7.47. The van der Waals surface area contributed by atoms with Gasteiger partial charge in [-0.1, -0.05) is 18.2 Å². The number of hydrogen-bond acceptors (Lipinski definition) is 2. The van der Waals surface area contributed by atoms with E-state index in [0.717, 1.165) is 29.9 Å². The maximum Gasteiger partial charge on any atom is 0.387 e. The molecule has 2 saturated carbocycles. The summed E-state index contributed by atoms with van der Waals surface area (Å²) in [5, 5.41) is 3.43. The zero-order valence-corrected chi connectivity index (χ0v) is 11.5. The van der Waals surface area contributed by atoms with Crippen LogP contribution in [-0.4, -0.2) is 13.2 Å². The molecule has 2 nitrogen and oxygen atoms in total. The molecular formula is C16H21F2NO. The van der Waals surface area contributed by atoms with Crippen LogP contribution in [0.2, 0.25) is 0 Å². The highest BCUT2D eigenvalue weighted by atomic mass is 19.3. The van der Waals surface area contributed by atoms with Gasteiger partial charge in [0.05, 0.1) is 0 Å². The quantitative estimate of drug-likeness (QED) is 0.782. The van der Waals surface area contributed by atoms with Crippen LogP contribution in [0.25, 0.3) is 0 Å². The Morgan fingerprint density at radius 3 is 2.35 bits per heavy atom. The highest BCUT2D eigenvalue weighted by molar-refractivity contribution is 5.33. The summed E-state index contributed by atoms with van der Waals surface area (Å²) in [6.45, 7) is -1.17. The first-order chi connectivity index (χ1) is 9.74. The van der Waals surface area contributed by atoms with Crippen LogP contribution in [-0.2, 0) is 6.54 Å². The Hall–Kier alpha value is -1.16. The van der Waals surface area contributed by atoms with Crippen molar-refractivity contribution in [2.45, 2.75) is 38.8 Å². The van der Waals surface area contributed by atoms with Gasteiger partial charge in [0.2, 0.25) is 0 Å². The fourth-order valence-electron chi connectivity index (χ4n) is 3.00. The molecule has 110 valence electrons. The van der Waals surface area contributed by atoms with Crippen LogP contribution in [0.4, 0.5) is 8.78 Å². The molecule has 0 saturated heterocycles. The Bertz CT molecular complexity index is 432. The molecule has 0 spiro atoms. The van der Waals surface area contributed by atoms with Crippen molar-refractivity contribution in [3.63, 3.8) is 0 Å². The monoisotopic (exact) mass is 281 g/mol. The Morgan fingerprint density at radius 1 is 1.10 bits per heavy atom. The summed E-state index contributed by atoms with van der Waals surface area (Å²) in [4.78, 5) is 0. The molecule has 0 atom stereocenters. The molecule has 20 heavy (non-hydrogen) atoms. The van der Waals surface area contributed by atoms with Gasteiger partial charge in [-0.2, -0.15) is 8.78 Å². The van der Waals surface area contributed by atoms with Crippen LogP contribution < -0.4 is 10.1 Å². The first kappa shape index (κ1) is 13.8. The van der Waals surface area contributed by atoms with Gasteiger partial charge >= 0.3 is 6.61 Å². The molecule has 0 bridgehead atoms. The number of benzene rings is 1. The molecule has 0 aromatic heterocycles. The van der Waals surface area contributed by atoms with E-state index in [9.17, 15) is 8.78 Å².